The Bertz CT molecular complexity index is 1110. The lowest BCUT2D eigenvalue weighted by Crippen LogP contribution is -1.98. The molecule has 3 aromatic carbocycles. The van der Waals surface area contributed by atoms with Crippen LogP contribution in [0.15, 0.2) is 91.4 Å². The summed E-state index contributed by atoms with van der Waals surface area (Å²) in [4.78, 5) is 16.8. The van der Waals surface area contributed by atoms with Crippen molar-refractivity contribution in [2.75, 3.05) is 5.32 Å². The second-order valence-corrected chi connectivity index (χ2v) is 6.36. The highest BCUT2D eigenvalue weighted by molar-refractivity contribution is 6.04. The minimum atomic E-state index is -0.0448. The van der Waals surface area contributed by atoms with Crippen LogP contribution in [0.3, 0.4) is 0 Å². The number of hydrogen-bond acceptors (Lipinski definition) is 3. The monoisotopic (exact) mass is 353 g/mol. The zero-order valence-electron chi connectivity index (χ0n) is 15.0. The van der Waals surface area contributed by atoms with Gasteiger partial charge in [-0.25, -0.2) is 4.98 Å². The highest BCUT2D eigenvalue weighted by atomic mass is 16.1. The Morgan fingerprint density at radius 3 is 2.48 bits per heavy atom. The molecular weight excluding hydrogens is 334 g/mol. The van der Waals surface area contributed by atoms with Crippen molar-refractivity contribution < 1.29 is 4.79 Å². The Balaban J connectivity index is 1.47. The van der Waals surface area contributed by atoms with Crippen LogP contribution in [-0.2, 0) is 0 Å². The third-order valence-corrected chi connectivity index (χ3v) is 4.42. The van der Waals surface area contributed by atoms with Gasteiger partial charge in [0.05, 0.1) is 11.0 Å². The summed E-state index contributed by atoms with van der Waals surface area (Å²) in [6.45, 7) is 2.04. The zero-order chi connectivity index (χ0) is 18.6. The number of nitrogens with one attached hydrogen (secondary N) is 1. The molecule has 4 aromatic rings. The van der Waals surface area contributed by atoms with Crippen LogP contribution in [0.25, 0.3) is 16.7 Å². The van der Waals surface area contributed by atoms with Gasteiger partial charge in [-0.05, 0) is 55.5 Å². The van der Waals surface area contributed by atoms with Gasteiger partial charge in [-0.2, -0.15) is 0 Å². The Hall–Kier alpha value is -3.66. The third kappa shape index (κ3) is 3.65. The normalized spacial score (nSPS) is 11.1. The van der Waals surface area contributed by atoms with Gasteiger partial charge in [0.25, 0.3) is 0 Å². The fourth-order valence-electron chi connectivity index (χ4n) is 2.91. The first-order valence-electron chi connectivity index (χ1n) is 8.77. The number of allylic oxidation sites excluding steroid dienone is 1. The molecule has 0 saturated carbocycles. The molecular formula is C23H19N3O. The van der Waals surface area contributed by atoms with Crippen molar-refractivity contribution in [3.05, 3.63) is 103 Å². The number of para-hydroxylation sites is 2. The van der Waals surface area contributed by atoms with Crippen LogP contribution < -0.4 is 5.32 Å². The number of rotatable bonds is 5. The number of anilines is 1. The van der Waals surface area contributed by atoms with Crippen LogP contribution in [0, 0.1) is 6.92 Å². The minimum Gasteiger partial charge on any atom is -0.362 e. The largest absolute Gasteiger partial charge is 0.362 e. The zero-order valence-corrected chi connectivity index (χ0v) is 15.0. The first-order valence-corrected chi connectivity index (χ1v) is 8.77. The molecule has 0 aliphatic heterocycles. The van der Waals surface area contributed by atoms with E-state index >= 15 is 0 Å². The number of fused-ring (bicyclic) bond motifs is 1. The topological polar surface area (TPSA) is 46.9 Å². The maximum atomic E-state index is 12.4. The lowest BCUT2D eigenvalue weighted by Gasteiger charge is -2.05. The Morgan fingerprint density at radius 1 is 0.963 bits per heavy atom. The lowest BCUT2D eigenvalue weighted by atomic mass is 10.1. The molecule has 27 heavy (non-hydrogen) atoms. The number of aryl methyl sites for hydroxylation is 1. The molecule has 1 heterocycles. The van der Waals surface area contributed by atoms with Gasteiger partial charge in [-0.3, -0.25) is 9.36 Å². The van der Waals surface area contributed by atoms with Crippen molar-refractivity contribution in [1.29, 1.82) is 0 Å². The third-order valence-electron chi connectivity index (χ3n) is 4.42. The fourth-order valence-corrected chi connectivity index (χ4v) is 2.91. The summed E-state index contributed by atoms with van der Waals surface area (Å²) in [6, 6.07) is 23.5. The maximum Gasteiger partial charge on any atom is 0.187 e. The fraction of sp³-hybridized carbons (Fsp3) is 0.0435. The second kappa shape index (κ2) is 7.30. The van der Waals surface area contributed by atoms with E-state index in [1.54, 1.807) is 18.6 Å². The quantitative estimate of drug-likeness (QED) is 0.399. The van der Waals surface area contributed by atoms with Crippen molar-refractivity contribution in [3.8, 4) is 5.69 Å². The van der Waals surface area contributed by atoms with Gasteiger partial charge >= 0.3 is 0 Å². The van der Waals surface area contributed by atoms with Crippen LogP contribution in [0.1, 0.15) is 15.9 Å². The number of hydrogen-bond donors (Lipinski definition) is 1. The second-order valence-electron chi connectivity index (χ2n) is 6.36. The smallest absolute Gasteiger partial charge is 0.187 e. The van der Waals surface area contributed by atoms with Gasteiger partial charge in [0.1, 0.15) is 6.33 Å². The van der Waals surface area contributed by atoms with E-state index < -0.39 is 0 Å². The molecule has 1 aromatic heterocycles. The summed E-state index contributed by atoms with van der Waals surface area (Å²) in [6.07, 6.45) is 5.01. The molecule has 0 bridgehead atoms. The molecule has 0 saturated heterocycles. The molecule has 132 valence electrons. The van der Waals surface area contributed by atoms with Crippen LogP contribution in [0.4, 0.5) is 5.69 Å². The van der Waals surface area contributed by atoms with Crippen molar-refractivity contribution in [2.45, 2.75) is 6.92 Å². The van der Waals surface area contributed by atoms with Gasteiger partial charge in [-0.1, -0.05) is 29.8 Å². The molecule has 0 amide bonds. The molecule has 4 nitrogen and oxygen atoms in total. The first-order chi connectivity index (χ1) is 13.2. The SMILES string of the molecule is Cc1ccc(N/C=C/C(=O)c2ccc(-n3cnc4ccccc43)cc2)cc1. The number of imidazole rings is 1. The van der Waals surface area contributed by atoms with Gasteiger partial charge in [0, 0.05) is 29.2 Å². The van der Waals surface area contributed by atoms with Crippen molar-refractivity contribution >= 4 is 22.5 Å². The molecule has 4 rings (SSSR count). The van der Waals surface area contributed by atoms with Gasteiger partial charge < -0.3 is 5.32 Å². The van der Waals surface area contributed by atoms with E-state index in [1.165, 1.54) is 5.56 Å². The molecule has 1 N–H and O–H groups in total. The number of carbonyl (C=O) groups is 1. The minimum absolute atomic E-state index is 0.0448. The standard InChI is InChI=1S/C23H19N3O/c1-17-6-10-19(11-7-17)24-15-14-23(27)18-8-12-20(13-9-18)26-16-25-21-4-2-3-5-22(21)26/h2-16,24H,1H3/b15-14+. The first kappa shape index (κ1) is 16.8. The van der Waals surface area contributed by atoms with E-state index in [2.05, 4.69) is 10.3 Å². The molecule has 0 atom stereocenters. The summed E-state index contributed by atoms with van der Waals surface area (Å²) in [5, 5.41) is 3.11. The number of nitrogens with zero attached hydrogens (tertiary/aromatic N) is 2. The molecule has 0 fully saturated rings. The average Bonchev–Trinajstić information content (AvgIpc) is 3.14. The predicted molar refractivity (Wildman–Crippen MR) is 109 cm³/mol. The Labute approximate surface area is 157 Å². The number of benzene rings is 3. The van der Waals surface area contributed by atoms with Crippen molar-refractivity contribution in [1.82, 2.24) is 9.55 Å². The van der Waals surface area contributed by atoms with E-state index in [4.69, 9.17) is 0 Å². The molecule has 0 unspecified atom stereocenters. The number of ketones is 1. The summed E-state index contributed by atoms with van der Waals surface area (Å²) in [5.74, 6) is -0.0448. The highest BCUT2D eigenvalue weighted by Crippen LogP contribution is 2.18. The van der Waals surface area contributed by atoms with E-state index in [-0.39, 0.29) is 5.78 Å². The van der Waals surface area contributed by atoms with Crippen LogP contribution in [-0.4, -0.2) is 15.3 Å². The van der Waals surface area contributed by atoms with Crippen LogP contribution in [0.2, 0.25) is 0 Å². The average molecular weight is 353 g/mol. The van der Waals surface area contributed by atoms with Crippen molar-refractivity contribution in [3.63, 3.8) is 0 Å². The molecule has 4 heteroatoms. The summed E-state index contributed by atoms with van der Waals surface area (Å²) >= 11 is 0. The summed E-state index contributed by atoms with van der Waals surface area (Å²) < 4.78 is 2.01. The molecule has 0 radical (unpaired) electrons. The van der Waals surface area contributed by atoms with E-state index in [0.717, 1.165) is 22.4 Å². The predicted octanol–water partition coefficient (Wildman–Crippen LogP) is 5.14. The molecule has 0 aliphatic carbocycles. The maximum absolute atomic E-state index is 12.4. The Morgan fingerprint density at radius 2 is 1.70 bits per heavy atom. The van der Waals surface area contributed by atoms with Gasteiger partial charge in [0.15, 0.2) is 5.78 Å². The summed E-state index contributed by atoms with van der Waals surface area (Å²) in [7, 11) is 0. The van der Waals surface area contributed by atoms with Crippen LogP contribution >= 0.6 is 0 Å². The van der Waals surface area contributed by atoms with Crippen molar-refractivity contribution in [2.24, 2.45) is 0 Å². The van der Waals surface area contributed by atoms with E-state index in [0.29, 0.717) is 5.56 Å². The van der Waals surface area contributed by atoms with E-state index in [9.17, 15) is 4.79 Å². The highest BCUT2D eigenvalue weighted by Gasteiger charge is 2.06. The molecule has 0 spiro atoms. The lowest BCUT2D eigenvalue weighted by molar-refractivity contribution is 0.104. The van der Waals surface area contributed by atoms with Gasteiger partial charge in [0.2, 0.25) is 0 Å². The number of carbonyl (C=O) groups excluding carboxylic acids is 1. The van der Waals surface area contributed by atoms with Gasteiger partial charge in [-0.15, -0.1) is 0 Å². The Kier molecular flexibility index (Phi) is 4.54. The van der Waals surface area contributed by atoms with E-state index in [1.807, 2.05) is 84.3 Å². The number of aromatic nitrogens is 2. The summed E-state index contributed by atoms with van der Waals surface area (Å²) in [5.41, 5.74) is 5.76. The molecule has 0 aliphatic rings. The van der Waals surface area contributed by atoms with Crippen LogP contribution in [0.5, 0.6) is 0 Å².